The second-order valence-electron chi connectivity index (χ2n) is 4.52. The van der Waals surface area contributed by atoms with Gasteiger partial charge in [-0.2, -0.15) is 0 Å². The molecule has 0 aromatic rings. The molecule has 0 aromatic carbocycles. The van der Waals surface area contributed by atoms with Crippen molar-refractivity contribution in [3.63, 3.8) is 0 Å². The maximum absolute atomic E-state index is 13.6. The Labute approximate surface area is 72.5 Å². The Hall–Kier alpha value is -0.180. The third-order valence-corrected chi connectivity index (χ3v) is 2.50. The van der Waals surface area contributed by atoms with E-state index in [1.54, 1.807) is 20.8 Å². The molecule has 12 heavy (non-hydrogen) atoms. The van der Waals surface area contributed by atoms with Crippen molar-refractivity contribution < 1.29 is 8.78 Å². The third kappa shape index (κ3) is 1.60. The van der Waals surface area contributed by atoms with Crippen LogP contribution in [0, 0.1) is 5.41 Å². The van der Waals surface area contributed by atoms with E-state index in [2.05, 4.69) is 5.32 Å². The molecule has 1 unspecified atom stereocenters. The molecule has 1 saturated heterocycles. The predicted octanol–water partition coefficient (Wildman–Crippen LogP) is 2.42. The first kappa shape index (κ1) is 9.90. The highest BCUT2D eigenvalue weighted by molar-refractivity contribution is 4.94. The molecule has 0 radical (unpaired) electrons. The van der Waals surface area contributed by atoms with E-state index in [0.717, 1.165) is 13.0 Å². The Morgan fingerprint density at radius 3 is 2.17 bits per heavy atom. The zero-order chi connectivity index (χ0) is 9.41. The average molecular weight is 177 g/mol. The summed E-state index contributed by atoms with van der Waals surface area (Å²) in [5.41, 5.74) is -0.936. The lowest BCUT2D eigenvalue weighted by molar-refractivity contribution is -0.120. The Balaban J connectivity index is 2.69. The number of nitrogens with one attached hydrogen (secondary N) is 1. The summed E-state index contributed by atoms with van der Waals surface area (Å²) in [7, 11) is 0. The van der Waals surface area contributed by atoms with Crippen molar-refractivity contribution in [2.24, 2.45) is 5.41 Å². The molecular formula is C9H17F2N. The zero-order valence-corrected chi connectivity index (χ0v) is 7.95. The summed E-state index contributed by atoms with van der Waals surface area (Å²) in [6, 6.07) is -0.613. The molecule has 1 N–H and O–H groups in total. The van der Waals surface area contributed by atoms with Gasteiger partial charge in [-0.05, 0) is 19.4 Å². The van der Waals surface area contributed by atoms with E-state index in [4.69, 9.17) is 0 Å². The Kier molecular flexibility index (Phi) is 2.43. The fourth-order valence-electron chi connectivity index (χ4n) is 1.52. The van der Waals surface area contributed by atoms with Crippen molar-refractivity contribution >= 4 is 0 Å². The molecule has 1 atom stereocenters. The molecule has 3 heteroatoms. The van der Waals surface area contributed by atoms with Crippen LogP contribution in [0.3, 0.4) is 0 Å². The van der Waals surface area contributed by atoms with Gasteiger partial charge in [-0.3, -0.25) is 0 Å². The first-order chi connectivity index (χ1) is 5.36. The van der Waals surface area contributed by atoms with Crippen LogP contribution in [0.25, 0.3) is 0 Å². The van der Waals surface area contributed by atoms with Crippen molar-refractivity contribution in [3.05, 3.63) is 0 Å². The molecule has 0 spiro atoms. The van der Waals surface area contributed by atoms with Crippen molar-refractivity contribution in [1.29, 1.82) is 0 Å². The van der Waals surface area contributed by atoms with Crippen LogP contribution in [0.4, 0.5) is 8.78 Å². The van der Waals surface area contributed by atoms with Crippen LogP contribution in [0.5, 0.6) is 0 Å². The molecule has 0 aromatic heterocycles. The Morgan fingerprint density at radius 1 is 1.25 bits per heavy atom. The molecule has 1 rings (SSSR count). The van der Waals surface area contributed by atoms with Crippen LogP contribution < -0.4 is 5.32 Å². The molecule has 0 aliphatic carbocycles. The SMILES string of the molecule is CC(C)(C)C(F)(F)C1CCCN1. The van der Waals surface area contributed by atoms with Crippen LogP contribution in [-0.2, 0) is 0 Å². The maximum atomic E-state index is 13.6. The van der Waals surface area contributed by atoms with E-state index < -0.39 is 17.4 Å². The standard InChI is InChI=1S/C9H17F2N/c1-8(2,3)9(10,11)7-5-4-6-12-7/h7,12H,4-6H2,1-3H3. The molecular weight excluding hydrogens is 160 g/mol. The van der Waals surface area contributed by atoms with Crippen LogP contribution in [-0.4, -0.2) is 18.5 Å². The molecule has 0 amide bonds. The van der Waals surface area contributed by atoms with Gasteiger partial charge >= 0.3 is 0 Å². The highest BCUT2D eigenvalue weighted by atomic mass is 19.3. The molecule has 1 nitrogen and oxygen atoms in total. The lowest BCUT2D eigenvalue weighted by Gasteiger charge is -2.35. The monoisotopic (exact) mass is 177 g/mol. The van der Waals surface area contributed by atoms with Gasteiger partial charge in [-0.25, -0.2) is 8.78 Å². The van der Waals surface area contributed by atoms with Gasteiger partial charge in [0.1, 0.15) is 0 Å². The largest absolute Gasteiger partial charge is 0.309 e. The van der Waals surface area contributed by atoms with E-state index in [9.17, 15) is 8.78 Å². The molecule has 1 aliphatic rings. The number of rotatable bonds is 1. The number of halogens is 2. The summed E-state index contributed by atoms with van der Waals surface area (Å²) in [5, 5.41) is 2.85. The van der Waals surface area contributed by atoms with Crippen molar-refractivity contribution in [2.75, 3.05) is 6.54 Å². The molecule has 1 aliphatic heterocycles. The van der Waals surface area contributed by atoms with Gasteiger partial charge in [-0.1, -0.05) is 20.8 Å². The minimum absolute atomic E-state index is 0.601. The van der Waals surface area contributed by atoms with E-state index in [-0.39, 0.29) is 0 Å². The zero-order valence-electron chi connectivity index (χ0n) is 7.95. The number of hydrogen-bond acceptors (Lipinski definition) is 1. The van der Waals surface area contributed by atoms with Crippen LogP contribution in [0.15, 0.2) is 0 Å². The maximum Gasteiger partial charge on any atom is 0.267 e. The van der Waals surface area contributed by atoms with Gasteiger partial charge in [-0.15, -0.1) is 0 Å². The predicted molar refractivity (Wildman–Crippen MR) is 45.4 cm³/mol. The highest BCUT2D eigenvalue weighted by Gasteiger charge is 2.50. The third-order valence-electron chi connectivity index (χ3n) is 2.50. The van der Waals surface area contributed by atoms with Crippen molar-refractivity contribution in [2.45, 2.75) is 45.6 Å². The molecule has 1 fully saturated rings. The quantitative estimate of drug-likeness (QED) is 0.648. The van der Waals surface area contributed by atoms with Gasteiger partial charge in [0.15, 0.2) is 0 Å². The molecule has 1 heterocycles. The second-order valence-corrected chi connectivity index (χ2v) is 4.52. The van der Waals surface area contributed by atoms with E-state index >= 15 is 0 Å². The fourth-order valence-corrected chi connectivity index (χ4v) is 1.52. The first-order valence-electron chi connectivity index (χ1n) is 4.47. The number of alkyl halides is 2. The highest BCUT2D eigenvalue weighted by Crippen LogP contribution is 2.40. The molecule has 0 bridgehead atoms. The van der Waals surface area contributed by atoms with E-state index in [0.29, 0.717) is 6.42 Å². The molecule has 72 valence electrons. The van der Waals surface area contributed by atoms with Crippen molar-refractivity contribution in [3.8, 4) is 0 Å². The van der Waals surface area contributed by atoms with Gasteiger partial charge in [0.05, 0.1) is 6.04 Å². The van der Waals surface area contributed by atoms with Gasteiger partial charge in [0, 0.05) is 5.41 Å². The minimum atomic E-state index is -2.59. The van der Waals surface area contributed by atoms with Gasteiger partial charge in [0.25, 0.3) is 5.92 Å². The van der Waals surface area contributed by atoms with Crippen LogP contribution in [0.1, 0.15) is 33.6 Å². The molecule has 0 saturated carbocycles. The Bertz CT molecular complexity index is 154. The van der Waals surface area contributed by atoms with Crippen LogP contribution >= 0.6 is 0 Å². The smallest absolute Gasteiger partial charge is 0.267 e. The van der Waals surface area contributed by atoms with Gasteiger partial charge < -0.3 is 5.32 Å². The van der Waals surface area contributed by atoms with Gasteiger partial charge in [0.2, 0.25) is 0 Å². The normalized spacial score (nSPS) is 26.2. The lowest BCUT2D eigenvalue weighted by atomic mass is 9.83. The van der Waals surface area contributed by atoms with Crippen LogP contribution in [0.2, 0.25) is 0 Å². The summed E-state index contributed by atoms with van der Waals surface area (Å²) in [4.78, 5) is 0. The van der Waals surface area contributed by atoms with E-state index in [1.165, 1.54) is 0 Å². The number of hydrogen-bond donors (Lipinski definition) is 1. The summed E-state index contributed by atoms with van der Waals surface area (Å²) in [5.74, 6) is -2.59. The summed E-state index contributed by atoms with van der Waals surface area (Å²) in [6.45, 7) is 5.50. The lowest BCUT2D eigenvalue weighted by Crippen LogP contribution is -2.49. The average Bonchev–Trinajstić information content (AvgIpc) is 2.34. The van der Waals surface area contributed by atoms with Crippen molar-refractivity contribution in [1.82, 2.24) is 5.32 Å². The first-order valence-corrected chi connectivity index (χ1v) is 4.47. The Morgan fingerprint density at radius 2 is 1.83 bits per heavy atom. The summed E-state index contributed by atoms with van der Waals surface area (Å²) >= 11 is 0. The second kappa shape index (κ2) is 2.95. The van der Waals surface area contributed by atoms with E-state index in [1.807, 2.05) is 0 Å². The minimum Gasteiger partial charge on any atom is -0.309 e. The fraction of sp³-hybridized carbons (Fsp3) is 1.00. The topological polar surface area (TPSA) is 12.0 Å². The summed E-state index contributed by atoms with van der Waals surface area (Å²) in [6.07, 6.45) is 1.47. The summed E-state index contributed by atoms with van der Waals surface area (Å²) < 4.78 is 27.1.